The molecule has 0 amide bonds. The van der Waals surface area contributed by atoms with Gasteiger partial charge in [-0.15, -0.1) is 0 Å². The van der Waals surface area contributed by atoms with Crippen LogP contribution in [0.2, 0.25) is 0 Å². The second-order valence-electron chi connectivity index (χ2n) is 2.45. The summed E-state index contributed by atoms with van der Waals surface area (Å²) in [5.74, 6) is -0.545. The number of rotatable bonds is 2. The summed E-state index contributed by atoms with van der Waals surface area (Å²) in [5.41, 5.74) is 3.05. The number of alkyl halides is 2. The molecule has 0 bridgehead atoms. The highest BCUT2D eigenvalue weighted by molar-refractivity contribution is 6.68. The number of nitrogens with one attached hydrogen (secondary N) is 1. The molecule has 0 aliphatic heterocycles. The Kier molecular flexibility index (Phi) is 2.85. The number of hydrogen-bond donors (Lipinski definition) is 2. The molecular formula is C7H5ClF2N2O2. The first-order valence-corrected chi connectivity index (χ1v) is 3.82. The van der Waals surface area contributed by atoms with Gasteiger partial charge in [-0.25, -0.2) is 8.78 Å². The van der Waals surface area contributed by atoms with Crippen molar-refractivity contribution in [2.75, 3.05) is 5.73 Å². The quantitative estimate of drug-likeness (QED) is 0.740. The van der Waals surface area contributed by atoms with E-state index >= 15 is 0 Å². The first kappa shape index (κ1) is 10.6. The van der Waals surface area contributed by atoms with Crippen LogP contribution in [0.1, 0.15) is 22.3 Å². The van der Waals surface area contributed by atoms with Crippen molar-refractivity contribution < 1.29 is 13.6 Å². The Morgan fingerprint density at radius 3 is 2.57 bits per heavy atom. The minimum atomic E-state index is -2.97. The number of H-pyrrole nitrogens is 1. The van der Waals surface area contributed by atoms with Crippen LogP contribution in [0.15, 0.2) is 10.9 Å². The van der Waals surface area contributed by atoms with Gasteiger partial charge in [-0.2, -0.15) is 0 Å². The molecule has 1 rings (SSSR count). The van der Waals surface area contributed by atoms with Crippen molar-refractivity contribution in [3.8, 4) is 0 Å². The molecular weight excluding hydrogens is 218 g/mol. The molecule has 1 aromatic rings. The molecule has 14 heavy (non-hydrogen) atoms. The van der Waals surface area contributed by atoms with Gasteiger partial charge in [0.2, 0.25) is 5.56 Å². The van der Waals surface area contributed by atoms with E-state index in [1.807, 2.05) is 4.98 Å². The molecule has 0 unspecified atom stereocenters. The molecule has 0 saturated heterocycles. The maximum Gasteiger partial charge on any atom is 0.268 e. The third kappa shape index (κ3) is 1.90. The molecule has 0 aliphatic rings. The topological polar surface area (TPSA) is 76.0 Å². The first-order chi connectivity index (χ1) is 6.43. The summed E-state index contributed by atoms with van der Waals surface area (Å²) >= 11 is 5.02. The lowest BCUT2D eigenvalue weighted by atomic mass is 10.1. The van der Waals surface area contributed by atoms with Crippen LogP contribution in [-0.4, -0.2) is 10.2 Å². The minimum Gasteiger partial charge on any atom is -0.385 e. The van der Waals surface area contributed by atoms with Gasteiger partial charge in [0.25, 0.3) is 11.7 Å². The Morgan fingerprint density at radius 2 is 2.14 bits per heavy atom. The summed E-state index contributed by atoms with van der Waals surface area (Å²) in [7, 11) is 0. The molecule has 0 aromatic carbocycles. The predicted octanol–water partition coefficient (Wildman–Crippen LogP) is 1.27. The average Bonchev–Trinajstić information content (AvgIpc) is 2.01. The van der Waals surface area contributed by atoms with Crippen LogP contribution in [0, 0.1) is 0 Å². The van der Waals surface area contributed by atoms with E-state index in [1.54, 1.807) is 0 Å². The number of carbonyl (C=O) groups excluding carboxylic acids is 1. The number of pyridine rings is 1. The van der Waals surface area contributed by atoms with E-state index in [4.69, 9.17) is 17.3 Å². The van der Waals surface area contributed by atoms with E-state index in [2.05, 4.69) is 0 Å². The van der Waals surface area contributed by atoms with Gasteiger partial charge in [0.15, 0.2) is 0 Å². The van der Waals surface area contributed by atoms with E-state index < -0.39 is 34.2 Å². The van der Waals surface area contributed by atoms with E-state index in [-0.39, 0.29) is 0 Å². The Hall–Kier alpha value is -1.43. The van der Waals surface area contributed by atoms with E-state index in [0.717, 1.165) is 0 Å². The highest BCUT2D eigenvalue weighted by Gasteiger charge is 2.21. The van der Waals surface area contributed by atoms with Gasteiger partial charge in [-0.05, 0) is 11.6 Å². The third-order valence-corrected chi connectivity index (χ3v) is 1.75. The van der Waals surface area contributed by atoms with E-state index in [1.165, 1.54) is 0 Å². The number of carbonyl (C=O) groups is 1. The van der Waals surface area contributed by atoms with Crippen LogP contribution in [-0.2, 0) is 0 Å². The van der Waals surface area contributed by atoms with Crippen molar-refractivity contribution in [2.45, 2.75) is 6.43 Å². The Balaban J connectivity index is 3.52. The summed E-state index contributed by atoms with van der Waals surface area (Å²) in [5, 5.41) is -1.14. The molecule has 76 valence electrons. The van der Waals surface area contributed by atoms with E-state index in [0.29, 0.717) is 6.07 Å². The molecule has 0 atom stereocenters. The molecule has 7 heteroatoms. The smallest absolute Gasteiger partial charge is 0.268 e. The summed E-state index contributed by atoms with van der Waals surface area (Å²) in [6.45, 7) is 0. The summed E-state index contributed by atoms with van der Waals surface area (Å²) in [4.78, 5) is 23.4. The zero-order valence-corrected chi connectivity index (χ0v) is 7.44. The number of aromatic nitrogens is 1. The summed E-state index contributed by atoms with van der Waals surface area (Å²) in [6.07, 6.45) is -2.97. The zero-order valence-electron chi connectivity index (χ0n) is 6.68. The highest BCUT2D eigenvalue weighted by Crippen LogP contribution is 2.26. The number of nitrogen functional groups attached to an aromatic ring is 1. The van der Waals surface area contributed by atoms with Crippen LogP contribution in [0.25, 0.3) is 0 Å². The van der Waals surface area contributed by atoms with Crippen LogP contribution in [0.3, 0.4) is 0 Å². The van der Waals surface area contributed by atoms with Gasteiger partial charge in [0.05, 0.1) is 11.1 Å². The molecule has 4 nitrogen and oxygen atoms in total. The summed E-state index contributed by atoms with van der Waals surface area (Å²) < 4.78 is 24.7. The van der Waals surface area contributed by atoms with Crippen molar-refractivity contribution in [1.29, 1.82) is 0 Å². The maximum atomic E-state index is 12.4. The lowest BCUT2D eigenvalue weighted by Crippen LogP contribution is -2.15. The lowest BCUT2D eigenvalue weighted by Gasteiger charge is -2.06. The average molecular weight is 223 g/mol. The molecule has 1 aromatic heterocycles. The third-order valence-electron chi connectivity index (χ3n) is 1.54. The minimum absolute atomic E-state index is 0.545. The zero-order chi connectivity index (χ0) is 10.9. The maximum absolute atomic E-state index is 12.4. The second kappa shape index (κ2) is 3.75. The Labute approximate surface area is 81.7 Å². The molecule has 0 saturated carbocycles. The lowest BCUT2D eigenvalue weighted by molar-refractivity contribution is 0.106. The molecule has 0 aliphatic carbocycles. The Morgan fingerprint density at radius 1 is 1.57 bits per heavy atom. The Bertz CT molecular complexity index is 430. The second-order valence-corrected chi connectivity index (χ2v) is 2.79. The van der Waals surface area contributed by atoms with Crippen LogP contribution < -0.4 is 11.3 Å². The summed E-state index contributed by atoms with van der Waals surface area (Å²) in [6, 6.07) is 0.688. The highest BCUT2D eigenvalue weighted by atomic mass is 35.5. The van der Waals surface area contributed by atoms with Crippen LogP contribution >= 0.6 is 11.6 Å². The van der Waals surface area contributed by atoms with Gasteiger partial charge in [0, 0.05) is 6.07 Å². The molecule has 0 spiro atoms. The fourth-order valence-electron chi connectivity index (χ4n) is 0.988. The number of halogens is 3. The number of hydrogen-bond acceptors (Lipinski definition) is 3. The van der Waals surface area contributed by atoms with Gasteiger partial charge in [0.1, 0.15) is 5.82 Å². The number of nitrogens with two attached hydrogens (primary N) is 1. The number of anilines is 1. The monoisotopic (exact) mass is 222 g/mol. The normalized spacial score (nSPS) is 10.6. The molecule has 3 N–H and O–H groups in total. The predicted molar refractivity (Wildman–Crippen MR) is 46.6 cm³/mol. The van der Waals surface area contributed by atoms with Crippen molar-refractivity contribution in [3.05, 3.63) is 27.5 Å². The van der Waals surface area contributed by atoms with Crippen molar-refractivity contribution in [1.82, 2.24) is 4.98 Å². The van der Waals surface area contributed by atoms with Crippen molar-refractivity contribution >= 4 is 22.7 Å². The number of aromatic amines is 1. The fraction of sp³-hybridized carbons (Fsp3) is 0.143. The van der Waals surface area contributed by atoms with Gasteiger partial charge in [-0.1, -0.05) is 0 Å². The van der Waals surface area contributed by atoms with Crippen molar-refractivity contribution in [2.24, 2.45) is 0 Å². The van der Waals surface area contributed by atoms with Crippen molar-refractivity contribution in [3.63, 3.8) is 0 Å². The van der Waals surface area contributed by atoms with Gasteiger partial charge in [-0.3, -0.25) is 9.59 Å². The standard InChI is InChI=1S/C7H5ClF2N2O2/c8-5(14)2-1-3(13)12-7(11)4(2)6(9)10/h1,6H,(H3,11,12,13). The molecule has 1 heterocycles. The largest absolute Gasteiger partial charge is 0.385 e. The van der Waals surface area contributed by atoms with Crippen LogP contribution in [0.5, 0.6) is 0 Å². The van der Waals surface area contributed by atoms with E-state index in [9.17, 15) is 18.4 Å². The molecule has 0 radical (unpaired) electrons. The van der Waals surface area contributed by atoms with Crippen LogP contribution in [0.4, 0.5) is 14.6 Å². The van der Waals surface area contributed by atoms with Gasteiger partial charge < -0.3 is 10.7 Å². The molecule has 0 fully saturated rings. The van der Waals surface area contributed by atoms with Gasteiger partial charge >= 0.3 is 0 Å². The first-order valence-electron chi connectivity index (χ1n) is 3.44. The fourth-order valence-corrected chi connectivity index (χ4v) is 1.14. The SMILES string of the molecule is Nc1[nH]c(=O)cc(C(=O)Cl)c1C(F)F.